The number of aliphatic hydroxyl groups excluding tert-OH is 1. The standard InChI is InChI=1S/C17H18N2O2S2/c1-21-15-7-3-2-6-13(15)18-17-19(9-5-10-20)14(12-23-17)16-8-4-11-22-16/h2-4,6-8,11-12,20H,5,9-10H2,1H3. The summed E-state index contributed by atoms with van der Waals surface area (Å²) in [6, 6.07) is 11.9. The molecule has 0 amide bonds. The summed E-state index contributed by atoms with van der Waals surface area (Å²) in [5, 5.41) is 13.4. The molecule has 0 saturated heterocycles. The average Bonchev–Trinajstić information content (AvgIpc) is 3.23. The summed E-state index contributed by atoms with van der Waals surface area (Å²) in [5.41, 5.74) is 1.96. The third-order valence-electron chi connectivity index (χ3n) is 3.41. The van der Waals surface area contributed by atoms with Crippen LogP contribution in [0.4, 0.5) is 5.69 Å². The van der Waals surface area contributed by atoms with Gasteiger partial charge in [0.15, 0.2) is 4.80 Å². The number of nitrogens with zero attached hydrogens (tertiary/aromatic N) is 2. The molecule has 0 aliphatic carbocycles. The maximum Gasteiger partial charge on any atom is 0.190 e. The normalized spacial score (nSPS) is 11.8. The molecule has 3 rings (SSSR count). The van der Waals surface area contributed by atoms with E-state index in [0.717, 1.165) is 28.5 Å². The minimum atomic E-state index is 0.167. The van der Waals surface area contributed by atoms with Crippen LogP contribution in [0.25, 0.3) is 10.6 Å². The molecule has 23 heavy (non-hydrogen) atoms. The van der Waals surface area contributed by atoms with E-state index >= 15 is 0 Å². The molecule has 1 N–H and O–H groups in total. The summed E-state index contributed by atoms with van der Waals surface area (Å²) in [7, 11) is 1.65. The van der Waals surface area contributed by atoms with Gasteiger partial charge in [0.25, 0.3) is 0 Å². The fraction of sp³-hybridized carbons (Fsp3) is 0.235. The summed E-state index contributed by atoms with van der Waals surface area (Å²) in [5.74, 6) is 0.757. The predicted molar refractivity (Wildman–Crippen MR) is 95.5 cm³/mol. The molecule has 0 fully saturated rings. The van der Waals surface area contributed by atoms with Gasteiger partial charge in [-0.05, 0) is 30.0 Å². The molecular weight excluding hydrogens is 328 g/mol. The smallest absolute Gasteiger partial charge is 0.190 e. The van der Waals surface area contributed by atoms with Gasteiger partial charge in [-0.1, -0.05) is 18.2 Å². The molecule has 0 atom stereocenters. The van der Waals surface area contributed by atoms with E-state index in [1.54, 1.807) is 29.8 Å². The Kier molecular flexibility index (Phi) is 5.27. The Labute approximate surface area is 143 Å². The average molecular weight is 346 g/mol. The van der Waals surface area contributed by atoms with E-state index in [1.807, 2.05) is 30.3 Å². The van der Waals surface area contributed by atoms with Crippen LogP contribution in [0.1, 0.15) is 6.42 Å². The van der Waals surface area contributed by atoms with Crippen molar-refractivity contribution in [3.05, 3.63) is 52.0 Å². The van der Waals surface area contributed by atoms with Gasteiger partial charge in [-0.3, -0.25) is 0 Å². The molecule has 2 heterocycles. The lowest BCUT2D eigenvalue weighted by Gasteiger charge is -2.07. The summed E-state index contributed by atoms with van der Waals surface area (Å²) in [4.78, 5) is 6.89. The predicted octanol–water partition coefficient (Wildman–Crippen LogP) is 3.90. The zero-order valence-electron chi connectivity index (χ0n) is 12.8. The highest BCUT2D eigenvalue weighted by Gasteiger charge is 2.09. The van der Waals surface area contributed by atoms with Gasteiger partial charge in [0.1, 0.15) is 11.4 Å². The fourth-order valence-corrected chi connectivity index (χ4v) is 4.08. The number of thiophene rings is 1. The Morgan fingerprint density at radius 1 is 1.17 bits per heavy atom. The largest absolute Gasteiger partial charge is 0.494 e. The van der Waals surface area contributed by atoms with Crippen LogP contribution in [0, 0.1) is 0 Å². The van der Waals surface area contributed by atoms with Crippen molar-refractivity contribution in [1.29, 1.82) is 0 Å². The highest BCUT2D eigenvalue weighted by atomic mass is 32.1. The van der Waals surface area contributed by atoms with Crippen LogP contribution in [-0.2, 0) is 6.54 Å². The van der Waals surface area contributed by atoms with E-state index in [1.165, 1.54) is 4.88 Å². The number of hydrogen-bond donors (Lipinski definition) is 1. The highest BCUT2D eigenvalue weighted by molar-refractivity contribution is 7.14. The molecule has 2 aromatic heterocycles. The third-order valence-corrected chi connectivity index (χ3v) is 5.17. The molecule has 3 aromatic rings. The van der Waals surface area contributed by atoms with Crippen LogP contribution in [0.5, 0.6) is 5.75 Å². The van der Waals surface area contributed by atoms with Crippen LogP contribution in [0.2, 0.25) is 0 Å². The van der Waals surface area contributed by atoms with Crippen molar-refractivity contribution >= 4 is 28.4 Å². The molecule has 0 aliphatic heterocycles. The molecule has 0 saturated carbocycles. The van der Waals surface area contributed by atoms with E-state index < -0.39 is 0 Å². The molecule has 6 heteroatoms. The topological polar surface area (TPSA) is 46.8 Å². The second-order valence-electron chi connectivity index (χ2n) is 4.89. The number of benzene rings is 1. The molecule has 120 valence electrons. The Bertz CT molecular complexity index is 819. The minimum Gasteiger partial charge on any atom is -0.494 e. The van der Waals surface area contributed by atoms with Gasteiger partial charge >= 0.3 is 0 Å². The number of para-hydroxylation sites is 2. The van der Waals surface area contributed by atoms with E-state index in [2.05, 4.69) is 21.4 Å². The SMILES string of the molecule is COc1ccccc1N=c1scc(-c2cccs2)n1CCCO. The van der Waals surface area contributed by atoms with Gasteiger partial charge in [0.05, 0.1) is 17.7 Å². The maximum absolute atomic E-state index is 9.19. The zero-order valence-corrected chi connectivity index (χ0v) is 14.4. The van der Waals surface area contributed by atoms with Gasteiger partial charge < -0.3 is 14.4 Å². The van der Waals surface area contributed by atoms with Crippen molar-refractivity contribution in [2.45, 2.75) is 13.0 Å². The second kappa shape index (κ2) is 7.59. The molecule has 0 radical (unpaired) electrons. The lowest BCUT2D eigenvalue weighted by atomic mass is 10.3. The minimum absolute atomic E-state index is 0.167. The zero-order chi connectivity index (χ0) is 16.1. The molecule has 1 aromatic carbocycles. The lowest BCUT2D eigenvalue weighted by molar-refractivity contribution is 0.279. The number of aliphatic hydroxyl groups is 1. The Balaban J connectivity index is 2.10. The number of thiazole rings is 1. The van der Waals surface area contributed by atoms with Gasteiger partial charge in [0.2, 0.25) is 0 Å². The van der Waals surface area contributed by atoms with Crippen molar-refractivity contribution in [3.8, 4) is 16.3 Å². The third kappa shape index (κ3) is 3.55. The number of ether oxygens (including phenoxy) is 1. The van der Waals surface area contributed by atoms with E-state index in [4.69, 9.17) is 9.73 Å². The van der Waals surface area contributed by atoms with Crippen molar-refractivity contribution < 1.29 is 9.84 Å². The van der Waals surface area contributed by atoms with Crippen LogP contribution in [0.15, 0.2) is 52.2 Å². The molecule has 0 aliphatic rings. The first-order chi connectivity index (χ1) is 11.3. The van der Waals surface area contributed by atoms with Crippen LogP contribution >= 0.6 is 22.7 Å². The van der Waals surface area contributed by atoms with Crippen LogP contribution < -0.4 is 9.54 Å². The first kappa shape index (κ1) is 16.0. The van der Waals surface area contributed by atoms with Gasteiger partial charge in [-0.15, -0.1) is 22.7 Å². The summed E-state index contributed by atoms with van der Waals surface area (Å²) in [6.45, 7) is 0.905. The monoisotopic (exact) mass is 346 g/mol. The molecule has 0 spiro atoms. The summed E-state index contributed by atoms with van der Waals surface area (Å²) < 4.78 is 7.55. The number of hydrogen-bond acceptors (Lipinski definition) is 5. The van der Waals surface area contributed by atoms with Gasteiger partial charge in [-0.25, -0.2) is 4.99 Å². The van der Waals surface area contributed by atoms with E-state index in [-0.39, 0.29) is 6.61 Å². The molecular formula is C17H18N2O2S2. The van der Waals surface area contributed by atoms with Crippen LogP contribution in [-0.4, -0.2) is 23.4 Å². The van der Waals surface area contributed by atoms with Crippen molar-refractivity contribution in [3.63, 3.8) is 0 Å². The summed E-state index contributed by atoms with van der Waals surface area (Å²) >= 11 is 3.31. The van der Waals surface area contributed by atoms with Gasteiger partial charge in [0, 0.05) is 18.5 Å². The van der Waals surface area contributed by atoms with E-state index in [9.17, 15) is 5.11 Å². The Morgan fingerprint density at radius 2 is 2.04 bits per heavy atom. The quantitative estimate of drug-likeness (QED) is 0.736. The van der Waals surface area contributed by atoms with Crippen molar-refractivity contribution in [2.24, 2.45) is 4.99 Å². The van der Waals surface area contributed by atoms with E-state index in [0.29, 0.717) is 6.42 Å². The first-order valence-corrected chi connectivity index (χ1v) is 9.10. The van der Waals surface area contributed by atoms with Gasteiger partial charge in [-0.2, -0.15) is 0 Å². The fourth-order valence-electron chi connectivity index (χ4n) is 2.31. The molecule has 0 bridgehead atoms. The second-order valence-corrected chi connectivity index (χ2v) is 6.68. The first-order valence-electron chi connectivity index (χ1n) is 7.34. The molecule has 4 nitrogen and oxygen atoms in total. The van der Waals surface area contributed by atoms with Crippen molar-refractivity contribution in [1.82, 2.24) is 4.57 Å². The molecule has 0 unspecified atom stereocenters. The van der Waals surface area contributed by atoms with Crippen molar-refractivity contribution in [2.75, 3.05) is 13.7 Å². The summed E-state index contributed by atoms with van der Waals surface area (Å²) in [6.07, 6.45) is 0.703. The Hall–Kier alpha value is -1.89. The Morgan fingerprint density at radius 3 is 2.78 bits per heavy atom. The number of methoxy groups -OCH3 is 1. The number of rotatable bonds is 6. The maximum atomic E-state index is 9.19. The highest BCUT2D eigenvalue weighted by Crippen LogP contribution is 2.28. The lowest BCUT2D eigenvalue weighted by Crippen LogP contribution is -2.16. The number of aromatic nitrogens is 1. The van der Waals surface area contributed by atoms with Crippen LogP contribution in [0.3, 0.4) is 0 Å².